The summed E-state index contributed by atoms with van der Waals surface area (Å²) in [5, 5.41) is 21.6. The van der Waals surface area contributed by atoms with Crippen LogP contribution in [0.2, 0.25) is 0 Å². The summed E-state index contributed by atoms with van der Waals surface area (Å²) in [6, 6.07) is 53.2. The molecule has 6 saturated carbocycles. The number of benzene rings is 7. The summed E-state index contributed by atoms with van der Waals surface area (Å²) < 4.78 is 41.5. The maximum absolute atomic E-state index is 15.6. The molecular formula is C83H82F2N6O7. The number of H-pyrrole nitrogens is 3. The Morgan fingerprint density at radius 2 is 0.918 bits per heavy atom. The molecule has 7 aromatic carbocycles. The summed E-state index contributed by atoms with van der Waals surface area (Å²) in [6.45, 7) is 9.57. The number of carbonyl (C=O) groups is 3. The van der Waals surface area contributed by atoms with E-state index in [9.17, 15) is 14.4 Å². The Bertz CT molecular complexity index is 4740. The minimum atomic E-state index is -1.19. The first kappa shape index (κ1) is 64.3. The fraction of sp³-hybridized carbons (Fsp3) is 0.313. The lowest BCUT2D eigenvalue weighted by Gasteiger charge is -2.70. The number of carbonyl (C=O) groups excluding carboxylic acids is 1. The molecule has 6 atom stereocenters. The highest BCUT2D eigenvalue weighted by molar-refractivity contribution is 5.89. The van der Waals surface area contributed by atoms with Gasteiger partial charge in [-0.05, 0) is 208 Å². The number of rotatable bonds is 15. The molecule has 5 N–H and O–H groups in total. The molecule has 13 nitrogen and oxygen atoms in total. The first-order valence-electron chi connectivity index (χ1n) is 34.6. The molecule has 0 saturated heterocycles. The minimum Gasteiger partial charge on any atom is -0.497 e. The standard InChI is InChI=1S/C29H26F2N2O3.C28H30N2O2.C26H26N2O2/c1-17-13-22-21-5-3-4-6-25(21)32-28(22)29(33(17)16-18-7-10-20(36-2)11-8-18)27-23(30)14-19(15-24(27)31)9-12-26(34)35;1-3-32-25(31)13-10-19-8-11-21(12-9-19)27-26-23(22-6-4-5-7-24(22)29-26)14-18(2)30(27)28-15-20(16-28)17-28;1-16-12-21-20-4-2-3-5-22(20)27-24(21)25(28(16)26-13-18(14-26)15-26)19-9-6-17(7-10-19)8-11-23(29)30/h3-12,14-15,17,29,32H,13,16H2,1-2H3,(H,34,35);4-13,18,20,27,29H,3,14-17H2,1-2H3;2-11,16,18,25,27H,12-15H2,1H3,(H,29,30)/b12-9+;13-10+;11-8+. The zero-order valence-electron chi connectivity index (χ0n) is 55.9. The van der Waals surface area contributed by atoms with E-state index < -0.39 is 29.6 Å². The Hall–Kier alpha value is -9.67. The van der Waals surface area contributed by atoms with Gasteiger partial charge in [0, 0.05) is 109 Å². The quantitative estimate of drug-likeness (QED) is 0.0492. The fourth-order valence-corrected chi connectivity index (χ4v) is 17.8. The number of para-hydroxylation sites is 3. The molecule has 0 amide bonds. The third-order valence-electron chi connectivity index (χ3n) is 22.3. The molecule has 15 heteroatoms. The van der Waals surface area contributed by atoms with E-state index in [2.05, 4.69) is 135 Å². The van der Waals surface area contributed by atoms with Crippen molar-refractivity contribution in [2.24, 2.45) is 11.8 Å². The molecule has 19 rings (SSSR count). The van der Waals surface area contributed by atoms with Crippen LogP contribution in [-0.4, -0.2) is 101 Å². The second kappa shape index (κ2) is 26.0. The average molecular weight is 1310 g/mol. The van der Waals surface area contributed by atoms with Crippen LogP contribution < -0.4 is 4.74 Å². The normalized spacial score (nSPS) is 25.3. The summed E-state index contributed by atoms with van der Waals surface area (Å²) >= 11 is 0. The number of hydrogen-bond donors (Lipinski definition) is 5. The number of carboxylic acids is 2. The molecule has 10 aromatic rings. The number of carboxylic acid groups (broad SMARTS) is 2. The van der Waals surface area contributed by atoms with Gasteiger partial charge in [0.25, 0.3) is 0 Å². The SMILES string of the molecule is CC1Cc2c([nH]c3ccccc23)C(c2ccc(/C=C/C(=O)O)cc2)N1C12CC(C1)C2.CCOC(=O)/C=C/c1ccc(C2c3[nH]c4ccccc4c3CC(C)N2C23CC(C2)C3)cc1.COc1ccc(CN2C(C)Cc3c([nH]c4ccccc34)C2c2c(F)cc(/C=C/C(=O)O)cc2F)cc1. The van der Waals surface area contributed by atoms with E-state index in [-0.39, 0.29) is 35.2 Å². The van der Waals surface area contributed by atoms with E-state index in [0.29, 0.717) is 36.3 Å². The number of halogens is 2. The van der Waals surface area contributed by atoms with Gasteiger partial charge in [0.15, 0.2) is 0 Å². The highest BCUT2D eigenvalue weighted by Crippen LogP contribution is 2.66. The van der Waals surface area contributed by atoms with Gasteiger partial charge in [-0.15, -0.1) is 0 Å². The number of methoxy groups -OCH3 is 1. The number of nitrogens with zero attached hydrogens (tertiary/aromatic N) is 3. The van der Waals surface area contributed by atoms with Crippen molar-refractivity contribution in [1.29, 1.82) is 0 Å². The molecule has 6 fully saturated rings. The Balaban J connectivity index is 0.000000120. The Morgan fingerprint density at radius 1 is 0.520 bits per heavy atom. The number of esters is 1. The van der Waals surface area contributed by atoms with Crippen LogP contribution in [0.1, 0.15) is 157 Å². The molecule has 500 valence electrons. The second-order valence-corrected chi connectivity index (χ2v) is 28.5. The predicted octanol–water partition coefficient (Wildman–Crippen LogP) is 16.9. The number of aromatic nitrogens is 3. The molecule has 98 heavy (non-hydrogen) atoms. The summed E-state index contributed by atoms with van der Waals surface area (Å²) in [7, 11) is 1.61. The lowest BCUT2D eigenvalue weighted by Crippen LogP contribution is -2.71. The number of ether oxygens (including phenoxy) is 2. The van der Waals surface area contributed by atoms with E-state index in [1.165, 1.54) is 124 Å². The number of nitrogens with one attached hydrogen (secondary N) is 3. The highest BCUT2D eigenvalue weighted by Gasteiger charge is 2.64. The van der Waals surface area contributed by atoms with Crippen LogP contribution in [-0.2, 0) is 44.9 Å². The number of hydrogen-bond acceptors (Lipinski definition) is 8. The lowest BCUT2D eigenvalue weighted by atomic mass is 9.48. The molecule has 6 unspecified atom stereocenters. The van der Waals surface area contributed by atoms with E-state index in [4.69, 9.17) is 19.7 Å². The number of aliphatic carboxylic acids is 2. The van der Waals surface area contributed by atoms with Gasteiger partial charge in [-0.3, -0.25) is 14.7 Å². The van der Waals surface area contributed by atoms with Gasteiger partial charge in [-0.25, -0.2) is 23.2 Å². The molecular weight excluding hydrogens is 1230 g/mol. The van der Waals surface area contributed by atoms with Crippen LogP contribution >= 0.6 is 0 Å². The summed E-state index contributed by atoms with van der Waals surface area (Å²) in [5.74, 6) is -1.22. The maximum Gasteiger partial charge on any atom is 0.330 e. The maximum atomic E-state index is 15.6. The van der Waals surface area contributed by atoms with Crippen LogP contribution in [0.3, 0.4) is 0 Å². The van der Waals surface area contributed by atoms with E-state index >= 15 is 8.78 Å². The highest BCUT2D eigenvalue weighted by atomic mass is 19.1. The summed E-state index contributed by atoms with van der Waals surface area (Å²) in [5.41, 5.74) is 17.2. The zero-order chi connectivity index (χ0) is 67.7. The van der Waals surface area contributed by atoms with Gasteiger partial charge in [-0.1, -0.05) is 115 Å². The smallest absolute Gasteiger partial charge is 0.330 e. The topological polar surface area (TPSA) is 167 Å². The van der Waals surface area contributed by atoms with E-state index in [0.717, 1.165) is 81.8 Å². The van der Waals surface area contributed by atoms with Crippen molar-refractivity contribution in [3.8, 4) is 5.75 Å². The van der Waals surface area contributed by atoms with Crippen molar-refractivity contribution in [3.05, 3.63) is 260 Å². The molecule has 0 radical (unpaired) electrons. The van der Waals surface area contributed by atoms with Gasteiger partial charge in [0.1, 0.15) is 17.4 Å². The Labute approximate surface area is 569 Å². The lowest BCUT2D eigenvalue weighted by molar-refractivity contribution is -0.174. The Morgan fingerprint density at radius 3 is 1.32 bits per heavy atom. The monoisotopic (exact) mass is 1310 g/mol. The minimum absolute atomic E-state index is 0.00538. The van der Waals surface area contributed by atoms with Gasteiger partial charge < -0.3 is 34.6 Å². The summed E-state index contributed by atoms with van der Waals surface area (Å²) in [4.78, 5) is 52.1. The average Bonchev–Trinajstić information content (AvgIpc) is 1.02. The molecule has 4 bridgehead atoms. The van der Waals surface area contributed by atoms with Crippen molar-refractivity contribution in [3.63, 3.8) is 0 Å². The van der Waals surface area contributed by atoms with Crippen molar-refractivity contribution < 1.29 is 42.9 Å². The predicted molar refractivity (Wildman–Crippen MR) is 381 cm³/mol. The van der Waals surface area contributed by atoms with Crippen molar-refractivity contribution >= 4 is 68.8 Å². The fourth-order valence-electron chi connectivity index (χ4n) is 17.8. The third kappa shape index (κ3) is 11.7. The van der Waals surface area contributed by atoms with Gasteiger partial charge in [0.2, 0.25) is 0 Å². The second-order valence-electron chi connectivity index (χ2n) is 28.5. The van der Waals surface area contributed by atoms with E-state index in [1.807, 2.05) is 73.7 Å². The third-order valence-corrected chi connectivity index (χ3v) is 22.3. The van der Waals surface area contributed by atoms with Crippen molar-refractivity contribution in [2.75, 3.05) is 13.7 Å². The van der Waals surface area contributed by atoms with Crippen LogP contribution in [0.5, 0.6) is 5.75 Å². The molecule has 9 aliphatic rings. The summed E-state index contributed by atoms with van der Waals surface area (Å²) in [6.07, 6.45) is 19.2. The number of fused-ring (bicyclic) bond motifs is 9. The van der Waals surface area contributed by atoms with Crippen LogP contribution in [0.25, 0.3) is 50.9 Å². The molecule has 6 aliphatic carbocycles. The first-order chi connectivity index (χ1) is 47.5. The number of aromatic amines is 3. The van der Waals surface area contributed by atoms with Crippen molar-refractivity contribution in [1.82, 2.24) is 29.7 Å². The van der Waals surface area contributed by atoms with Gasteiger partial charge in [0.05, 0.1) is 31.8 Å². The van der Waals surface area contributed by atoms with Gasteiger partial charge >= 0.3 is 17.9 Å². The van der Waals surface area contributed by atoms with Crippen molar-refractivity contribution in [2.45, 2.75) is 139 Å². The Kier molecular flexibility index (Phi) is 17.0. The molecule has 3 aromatic heterocycles. The van der Waals surface area contributed by atoms with Crippen LogP contribution in [0.4, 0.5) is 8.78 Å². The van der Waals surface area contributed by atoms with Crippen LogP contribution in [0, 0.1) is 23.5 Å². The first-order valence-corrected chi connectivity index (χ1v) is 34.6. The molecule has 3 aliphatic heterocycles. The van der Waals surface area contributed by atoms with Crippen LogP contribution in [0.15, 0.2) is 176 Å². The van der Waals surface area contributed by atoms with E-state index in [1.54, 1.807) is 13.2 Å². The zero-order valence-corrected chi connectivity index (χ0v) is 55.9. The molecule has 6 heterocycles. The largest absolute Gasteiger partial charge is 0.497 e. The van der Waals surface area contributed by atoms with Gasteiger partial charge in [-0.2, -0.15) is 0 Å². The molecule has 0 spiro atoms.